The molecular formula is C43H48ClN5. The first-order chi connectivity index (χ1) is 23.6. The van der Waals surface area contributed by atoms with Crippen molar-refractivity contribution in [2.75, 3.05) is 9.91 Å². The molecule has 49 heavy (non-hydrogen) atoms. The zero-order chi connectivity index (χ0) is 31.5. The zero-order valence-corrected chi connectivity index (χ0v) is 29.2. The Morgan fingerprint density at radius 3 is 1.57 bits per heavy atom. The predicted molar refractivity (Wildman–Crippen MR) is 192 cm³/mol. The van der Waals surface area contributed by atoms with Crippen molar-refractivity contribution < 1.29 is 17.3 Å². The van der Waals surface area contributed by atoms with Gasteiger partial charge in [-0.3, -0.25) is 14.7 Å². The molecule has 3 aromatic rings. The fourth-order valence-electron chi connectivity index (χ4n) is 13.2. The van der Waals surface area contributed by atoms with E-state index < -0.39 is 0 Å². The van der Waals surface area contributed by atoms with Crippen LogP contribution in [0.4, 0.5) is 11.4 Å². The number of benzene rings is 3. The highest BCUT2D eigenvalue weighted by atomic mass is 35.5. The molecule has 2 aliphatic heterocycles. The van der Waals surface area contributed by atoms with Crippen molar-refractivity contribution in [3.8, 4) is 0 Å². The molecule has 8 aliphatic carbocycles. The van der Waals surface area contributed by atoms with E-state index in [-0.39, 0.29) is 23.5 Å². The van der Waals surface area contributed by atoms with Crippen molar-refractivity contribution in [1.29, 1.82) is 0 Å². The Morgan fingerprint density at radius 1 is 0.571 bits per heavy atom. The molecule has 8 fully saturated rings. The Kier molecular flexibility index (Phi) is 6.95. The van der Waals surface area contributed by atoms with Gasteiger partial charge in [-0.1, -0.05) is 66.7 Å². The summed E-state index contributed by atoms with van der Waals surface area (Å²) in [5.74, 6) is 9.06. The molecule has 252 valence electrons. The van der Waals surface area contributed by atoms with Gasteiger partial charge in [-0.2, -0.15) is 0 Å². The van der Waals surface area contributed by atoms with Crippen LogP contribution in [0, 0.1) is 35.5 Å². The molecule has 8 bridgehead atoms. The van der Waals surface area contributed by atoms with Gasteiger partial charge in [0.2, 0.25) is 5.82 Å². The standard InChI is InChI=1S/C43H47N5.ClH/c1-4-10-36(11-5-1)39-44-48(38-14-8-3-9-15-38)41(47(39)37-12-6-2-7-13-37)40-45(42-24-30-18-31(25-42)20-32(19-30)26-42)16-17-46(40)43-27-33-21-34(28-43)23-35(22-33)29-43;/h1-17,30-35H,18-29H2;1H. The second kappa shape index (κ2) is 11.2. The summed E-state index contributed by atoms with van der Waals surface area (Å²) < 4.78 is 0. The van der Waals surface area contributed by atoms with E-state index in [4.69, 9.17) is 5.10 Å². The molecule has 13 rings (SSSR count). The van der Waals surface area contributed by atoms with Gasteiger partial charge < -0.3 is 12.4 Å². The smallest absolute Gasteiger partial charge is 0.256 e. The van der Waals surface area contributed by atoms with Crippen LogP contribution in [0.2, 0.25) is 0 Å². The van der Waals surface area contributed by atoms with Crippen molar-refractivity contribution in [3.05, 3.63) is 121 Å². The van der Waals surface area contributed by atoms with Gasteiger partial charge in [0, 0.05) is 30.5 Å². The lowest BCUT2D eigenvalue weighted by molar-refractivity contribution is -0.877. The molecule has 0 saturated heterocycles. The maximum absolute atomic E-state index is 5.62. The van der Waals surface area contributed by atoms with Crippen LogP contribution in [0.5, 0.6) is 0 Å². The summed E-state index contributed by atoms with van der Waals surface area (Å²) in [5, 5.41) is 7.95. The molecule has 1 atom stereocenters. The van der Waals surface area contributed by atoms with Crippen molar-refractivity contribution in [1.82, 2.24) is 4.90 Å². The summed E-state index contributed by atoms with van der Waals surface area (Å²) in [6.07, 6.45) is 22.2. The highest BCUT2D eigenvalue weighted by Gasteiger charge is 2.63. The molecule has 3 aromatic carbocycles. The molecular weight excluding hydrogens is 622 g/mol. The quantitative estimate of drug-likeness (QED) is 0.409. The third kappa shape index (κ3) is 4.64. The van der Waals surface area contributed by atoms with Gasteiger partial charge in [-0.15, -0.1) is 5.10 Å². The summed E-state index contributed by atoms with van der Waals surface area (Å²) in [5.41, 5.74) is 3.95. The van der Waals surface area contributed by atoms with Crippen LogP contribution >= 0.6 is 0 Å². The second-order valence-electron chi connectivity index (χ2n) is 17.2. The lowest BCUT2D eigenvalue weighted by atomic mass is 9.52. The van der Waals surface area contributed by atoms with Crippen LogP contribution in [0.25, 0.3) is 0 Å². The van der Waals surface area contributed by atoms with Crippen LogP contribution in [0.1, 0.15) is 82.6 Å². The van der Waals surface area contributed by atoms with Crippen molar-refractivity contribution in [2.24, 2.45) is 40.6 Å². The minimum Gasteiger partial charge on any atom is -1.00 e. The fraction of sp³-hybridized carbons (Fsp3) is 0.465. The van der Waals surface area contributed by atoms with Crippen LogP contribution in [-0.2, 0) is 0 Å². The third-order valence-electron chi connectivity index (χ3n) is 14.1. The number of quaternary nitrogens is 1. The molecule has 5 nitrogen and oxygen atoms in total. The number of para-hydroxylation sites is 2. The number of amidine groups is 1. The van der Waals surface area contributed by atoms with E-state index in [0.717, 1.165) is 52.6 Å². The normalized spacial score (nSPS) is 39.6. The molecule has 0 radical (unpaired) electrons. The number of nitrogens with one attached hydrogen (secondary N) is 1. The van der Waals surface area contributed by atoms with Gasteiger partial charge in [-0.25, -0.2) is 5.01 Å². The molecule has 0 amide bonds. The average Bonchev–Trinajstić information content (AvgIpc) is 3.72. The van der Waals surface area contributed by atoms with E-state index in [0.29, 0.717) is 0 Å². The average molecular weight is 670 g/mol. The van der Waals surface area contributed by atoms with Gasteiger partial charge in [0.05, 0.1) is 17.4 Å². The Morgan fingerprint density at radius 2 is 1.04 bits per heavy atom. The molecule has 0 spiro atoms. The SMILES string of the molecule is C1=C[NH+](C23CC4CC(CC(C4)C2)C3)C(=C2N(c3ccccc3)N=C(c3ccccc3)N2c2ccccc2)N1C12CC3CC(CC(C3)C1)C2.[Cl-]. The van der Waals surface area contributed by atoms with Gasteiger partial charge in [0.15, 0.2) is 5.84 Å². The van der Waals surface area contributed by atoms with E-state index in [2.05, 4.69) is 118 Å². The van der Waals surface area contributed by atoms with E-state index in [1.807, 2.05) is 0 Å². The van der Waals surface area contributed by atoms with Gasteiger partial charge in [-0.05, 0) is 118 Å². The second-order valence-corrected chi connectivity index (χ2v) is 17.2. The number of nitrogens with zero attached hydrogens (tertiary/aromatic N) is 4. The monoisotopic (exact) mass is 669 g/mol. The number of hydrogen-bond acceptors (Lipinski definition) is 4. The molecule has 0 aromatic heterocycles. The molecule has 2 heterocycles. The minimum atomic E-state index is 0. The first-order valence-electron chi connectivity index (χ1n) is 19.1. The molecule has 6 heteroatoms. The van der Waals surface area contributed by atoms with Gasteiger partial charge in [0.25, 0.3) is 5.82 Å². The number of hydrogen-bond donors (Lipinski definition) is 1. The topological polar surface area (TPSA) is 26.5 Å². The summed E-state index contributed by atoms with van der Waals surface area (Å²) >= 11 is 0. The lowest BCUT2D eigenvalue weighted by Crippen LogP contribution is -3.16. The summed E-state index contributed by atoms with van der Waals surface area (Å²) in [6, 6.07) is 33.0. The predicted octanol–water partition coefficient (Wildman–Crippen LogP) is 5.11. The first-order valence-corrected chi connectivity index (χ1v) is 19.1. The van der Waals surface area contributed by atoms with Gasteiger partial charge in [0.1, 0.15) is 11.7 Å². The number of anilines is 2. The van der Waals surface area contributed by atoms with Gasteiger partial charge >= 0.3 is 0 Å². The number of halogens is 1. The fourth-order valence-corrected chi connectivity index (χ4v) is 13.2. The van der Waals surface area contributed by atoms with Crippen molar-refractivity contribution in [2.45, 2.75) is 88.1 Å². The van der Waals surface area contributed by atoms with E-state index in [9.17, 15) is 0 Å². The summed E-state index contributed by atoms with van der Waals surface area (Å²) in [4.78, 5) is 7.06. The molecule has 10 aliphatic rings. The molecule has 1 unspecified atom stereocenters. The van der Waals surface area contributed by atoms with E-state index in [1.54, 1.807) is 4.90 Å². The maximum atomic E-state index is 5.62. The van der Waals surface area contributed by atoms with Crippen molar-refractivity contribution in [3.63, 3.8) is 0 Å². The van der Waals surface area contributed by atoms with Crippen LogP contribution in [-0.4, -0.2) is 21.8 Å². The Labute approximate surface area is 297 Å². The Balaban J connectivity index is 0.00000306. The van der Waals surface area contributed by atoms with E-state index >= 15 is 0 Å². The number of hydrazone groups is 1. The summed E-state index contributed by atoms with van der Waals surface area (Å²) in [7, 11) is 0. The first kappa shape index (κ1) is 30.3. The number of rotatable bonds is 5. The van der Waals surface area contributed by atoms with Crippen LogP contribution in [0.15, 0.2) is 120 Å². The van der Waals surface area contributed by atoms with Crippen LogP contribution in [0.3, 0.4) is 0 Å². The third-order valence-corrected chi connectivity index (χ3v) is 14.1. The zero-order valence-electron chi connectivity index (χ0n) is 28.4. The van der Waals surface area contributed by atoms with Crippen molar-refractivity contribution >= 4 is 17.2 Å². The minimum absolute atomic E-state index is 0. The summed E-state index contributed by atoms with van der Waals surface area (Å²) in [6.45, 7) is 0. The molecule has 1 N–H and O–H groups in total. The largest absolute Gasteiger partial charge is 1.00 e. The van der Waals surface area contributed by atoms with E-state index in [1.165, 1.54) is 94.4 Å². The Hall–Kier alpha value is -3.54. The maximum Gasteiger partial charge on any atom is 0.256 e. The highest BCUT2D eigenvalue weighted by Crippen LogP contribution is 2.60. The molecule has 8 saturated carbocycles. The lowest BCUT2D eigenvalue weighted by Gasteiger charge is -2.60. The van der Waals surface area contributed by atoms with Crippen LogP contribution < -0.4 is 27.2 Å². The Bertz CT molecular complexity index is 1690. The highest BCUT2D eigenvalue weighted by molar-refractivity contribution is 6.14.